The first-order valence-electron chi connectivity index (χ1n) is 21.2. The summed E-state index contributed by atoms with van der Waals surface area (Å²) in [6.07, 6.45) is 43.0. The van der Waals surface area contributed by atoms with Gasteiger partial charge in [0.15, 0.2) is 0 Å². The zero-order valence-electron chi connectivity index (χ0n) is 33.7. The quantitative estimate of drug-likeness (QED) is 0.0172. The molecule has 0 aromatic rings. The minimum Gasteiger partial charge on any atom is -0.396 e. The largest absolute Gasteiger partial charge is 0.461 e. The van der Waals surface area contributed by atoms with Crippen LogP contribution in [0.15, 0.2) is 24.3 Å². The van der Waals surface area contributed by atoms with E-state index in [0.29, 0.717) is 12.8 Å². The van der Waals surface area contributed by atoms with E-state index in [1.54, 1.807) is 0 Å². The molecule has 0 bridgehead atoms. The average molecular weight is 785 g/mol. The normalized spacial score (nSPS) is 12.7. The lowest BCUT2D eigenvalue weighted by Crippen LogP contribution is -2.37. The maximum Gasteiger partial charge on any atom is 0.461 e. The van der Waals surface area contributed by atoms with Gasteiger partial charge in [0.25, 0.3) is 0 Å². The highest BCUT2D eigenvalue weighted by Crippen LogP contribution is 2.69. The van der Waals surface area contributed by atoms with Crippen molar-refractivity contribution in [3.63, 3.8) is 0 Å². The lowest BCUT2D eigenvalue weighted by Gasteiger charge is -2.23. The molecular formula is C41H86O9P2+2. The van der Waals surface area contributed by atoms with Gasteiger partial charge in [-0.1, -0.05) is 141 Å². The van der Waals surface area contributed by atoms with Gasteiger partial charge in [0.05, 0.1) is 31.8 Å². The molecule has 0 atom stereocenters. The van der Waals surface area contributed by atoms with Crippen molar-refractivity contribution in [3.05, 3.63) is 24.3 Å². The summed E-state index contributed by atoms with van der Waals surface area (Å²) in [5, 5.41) is 34.0. The maximum atomic E-state index is 10.2. The zero-order valence-corrected chi connectivity index (χ0v) is 35.5. The lowest BCUT2D eigenvalue weighted by molar-refractivity contribution is -0.0328. The van der Waals surface area contributed by atoms with E-state index in [-0.39, 0.29) is 12.3 Å². The van der Waals surface area contributed by atoms with Gasteiger partial charge in [-0.15, -0.1) is 0 Å². The fourth-order valence-electron chi connectivity index (χ4n) is 5.72. The minimum absolute atomic E-state index is 0.116. The number of hydrogen-bond acceptors (Lipinski definition) is 9. The Kier molecular flexibility index (Phi) is 40.8. The second-order valence-corrected chi connectivity index (χ2v) is 19.1. The van der Waals surface area contributed by atoms with Crippen LogP contribution in [0.4, 0.5) is 0 Å². The molecule has 0 fully saturated rings. The summed E-state index contributed by atoms with van der Waals surface area (Å²) in [4.78, 5) is 41.0. The van der Waals surface area contributed by atoms with Crippen molar-refractivity contribution < 1.29 is 44.3 Å². The van der Waals surface area contributed by atoms with E-state index in [0.717, 1.165) is 51.4 Å². The molecule has 0 unspecified atom stereocenters. The van der Waals surface area contributed by atoms with Crippen molar-refractivity contribution in [1.29, 1.82) is 0 Å². The Balaban J connectivity index is 0. The van der Waals surface area contributed by atoms with Gasteiger partial charge in [-0.05, 0) is 77.0 Å². The van der Waals surface area contributed by atoms with Gasteiger partial charge in [-0.25, -0.2) is 0 Å². The van der Waals surface area contributed by atoms with E-state index in [1.165, 1.54) is 116 Å². The summed E-state index contributed by atoms with van der Waals surface area (Å²) in [5.74, 6) is 0. The lowest BCUT2D eigenvalue weighted by atomic mass is 9.93. The molecule has 0 radical (unpaired) electrons. The molecule has 11 heteroatoms. The van der Waals surface area contributed by atoms with Gasteiger partial charge in [0, 0.05) is 4.31 Å². The fourth-order valence-corrected chi connectivity index (χ4v) is 9.32. The molecule has 0 aliphatic heterocycles. The van der Waals surface area contributed by atoms with Gasteiger partial charge in [0.2, 0.25) is 0 Å². The third kappa shape index (κ3) is 38.3. The first-order valence-corrected chi connectivity index (χ1v) is 24.8. The van der Waals surface area contributed by atoms with Gasteiger partial charge >= 0.3 is 15.9 Å². The molecule has 0 saturated carbocycles. The van der Waals surface area contributed by atoms with E-state index in [1.807, 2.05) is 0 Å². The molecule has 0 aliphatic rings. The standard InChI is InChI=1S/C36H74O5P2.C5H12O4/c1-3-5-7-9-11-13-15-17-19-21-23-25-27-29-31-33-35-42(37,38)41-43(39,40)36-34-32-30-28-26-24-22-20-18-16-14-12-10-8-6-4-2;6-1-5(2-7,3-8)4-9/h17-20,37-40H,3-16,21-36H2,1-2H3;6-9H,1-4H2/q+2;/b19-17-,20-18-;. The second kappa shape index (κ2) is 39.2. The van der Waals surface area contributed by atoms with Crippen molar-refractivity contribution in [2.75, 3.05) is 38.8 Å². The van der Waals surface area contributed by atoms with Crippen LogP contribution in [0.25, 0.3) is 0 Å². The van der Waals surface area contributed by atoms with Crippen molar-refractivity contribution in [2.45, 2.75) is 194 Å². The van der Waals surface area contributed by atoms with Crippen LogP contribution in [0.5, 0.6) is 0 Å². The number of aliphatic hydroxyl groups is 4. The summed E-state index contributed by atoms with van der Waals surface area (Å²) in [5.41, 5.74) is -1.11. The Morgan fingerprint density at radius 3 is 0.827 bits per heavy atom. The summed E-state index contributed by atoms with van der Waals surface area (Å²) < 4.78 is 5.10. The molecule has 8 N–H and O–H groups in total. The van der Waals surface area contributed by atoms with Gasteiger partial charge in [-0.3, -0.25) is 0 Å². The molecule has 0 rings (SSSR count). The highest BCUT2D eigenvalue weighted by atomic mass is 31.3. The predicted octanol–water partition coefficient (Wildman–Crippen LogP) is 10.5. The number of allylic oxidation sites excluding steroid dienone is 4. The van der Waals surface area contributed by atoms with Crippen molar-refractivity contribution in [1.82, 2.24) is 0 Å². The maximum absolute atomic E-state index is 10.2. The summed E-state index contributed by atoms with van der Waals surface area (Å²) in [7, 11) is -7.42. The zero-order chi connectivity index (χ0) is 39.1. The summed E-state index contributed by atoms with van der Waals surface area (Å²) >= 11 is 0. The molecule has 0 spiro atoms. The minimum atomic E-state index is -3.71. The number of unbranched alkanes of at least 4 members (excludes halogenated alkanes) is 24. The van der Waals surface area contributed by atoms with Crippen molar-refractivity contribution >= 4 is 15.9 Å². The summed E-state index contributed by atoms with van der Waals surface area (Å²) in [6, 6.07) is 0. The van der Waals surface area contributed by atoms with Crippen LogP contribution in [-0.4, -0.2) is 78.8 Å². The predicted molar refractivity (Wildman–Crippen MR) is 223 cm³/mol. The number of rotatable bonds is 38. The number of aliphatic hydroxyl groups excluding tert-OH is 4. The second-order valence-electron chi connectivity index (χ2n) is 14.9. The Hall–Kier alpha value is -0.0200. The molecule has 9 nitrogen and oxygen atoms in total. The monoisotopic (exact) mass is 785 g/mol. The number of hydrogen-bond donors (Lipinski definition) is 8. The van der Waals surface area contributed by atoms with E-state index in [9.17, 15) is 19.6 Å². The van der Waals surface area contributed by atoms with Gasteiger partial charge < -0.3 is 20.4 Å². The third-order valence-electron chi connectivity index (χ3n) is 9.53. The Labute approximate surface area is 321 Å². The molecule has 0 heterocycles. The Morgan fingerprint density at radius 2 is 0.596 bits per heavy atom. The van der Waals surface area contributed by atoms with Crippen LogP contribution in [-0.2, 0) is 4.31 Å². The topological polar surface area (TPSA) is 171 Å². The molecule has 52 heavy (non-hydrogen) atoms. The first-order chi connectivity index (χ1) is 25.1. The van der Waals surface area contributed by atoms with Gasteiger partial charge in [0.1, 0.15) is 12.3 Å². The van der Waals surface area contributed by atoms with Crippen molar-refractivity contribution in [2.24, 2.45) is 5.41 Å². The highest BCUT2D eigenvalue weighted by molar-refractivity contribution is 7.72. The molecule has 0 amide bonds. The molecule has 0 aromatic heterocycles. The van der Waals surface area contributed by atoms with Crippen LogP contribution in [0.2, 0.25) is 0 Å². The molecule has 0 aromatic carbocycles. The highest BCUT2D eigenvalue weighted by Gasteiger charge is 2.53. The molecule has 312 valence electrons. The van der Waals surface area contributed by atoms with Crippen LogP contribution < -0.4 is 0 Å². The van der Waals surface area contributed by atoms with E-state index >= 15 is 0 Å². The molecule has 0 saturated heterocycles. The Morgan fingerprint density at radius 1 is 0.365 bits per heavy atom. The smallest absolute Gasteiger partial charge is 0.396 e. The van der Waals surface area contributed by atoms with Crippen LogP contribution in [0.1, 0.15) is 194 Å². The van der Waals surface area contributed by atoms with E-state index in [4.69, 9.17) is 24.7 Å². The third-order valence-corrected chi connectivity index (χ3v) is 13.4. The summed E-state index contributed by atoms with van der Waals surface area (Å²) in [6.45, 7) is 2.89. The van der Waals surface area contributed by atoms with Crippen molar-refractivity contribution in [3.8, 4) is 0 Å². The van der Waals surface area contributed by atoms with Crippen LogP contribution in [0, 0.1) is 5.41 Å². The fraction of sp³-hybridized carbons (Fsp3) is 0.902. The first kappa shape index (κ1) is 54.1. The van der Waals surface area contributed by atoms with E-state index in [2.05, 4.69) is 38.2 Å². The molecule has 0 aliphatic carbocycles. The SMILES string of the molecule is CCCCCCCC/C=C\CCCCCCCC[P+](O)(O)O[P+](O)(O)CCCCCCCC/C=C\CCCCCCCC.OCC(CO)(CO)CO. The van der Waals surface area contributed by atoms with Gasteiger partial charge in [-0.2, -0.15) is 19.6 Å². The van der Waals surface area contributed by atoms with Crippen LogP contribution >= 0.6 is 15.9 Å². The Bertz CT molecular complexity index is 708. The van der Waals surface area contributed by atoms with Crippen LogP contribution in [0.3, 0.4) is 0 Å². The molecular weight excluding hydrogens is 698 g/mol. The average Bonchev–Trinajstić information content (AvgIpc) is 3.12. The van der Waals surface area contributed by atoms with E-state index < -0.39 is 47.7 Å².